The Morgan fingerprint density at radius 1 is 1.32 bits per heavy atom. The van der Waals surface area contributed by atoms with Crippen molar-refractivity contribution in [2.24, 2.45) is 7.05 Å². The van der Waals surface area contributed by atoms with Crippen molar-refractivity contribution in [3.8, 4) is 11.3 Å². The molecule has 0 amide bonds. The number of nitrogens with zero attached hydrogens (tertiary/aromatic N) is 4. The third-order valence-corrected chi connectivity index (χ3v) is 2.85. The first kappa shape index (κ1) is 11.3. The second-order valence-electron chi connectivity index (χ2n) is 4.11. The molecule has 0 spiro atoms. The average molecular weight is 254 g/mol. The Kier molecular flexibility index (Phi) is 2.49. The number of pyridine rings is 1. The van der Waals surface area contributed by atoms with Crippen molar-refractivity contribution in [3.63, 3.8) is 0 Å². The maximum Gasteiger partial charge on any atom is 0.374 e. The molecule has 0 aliphatic carbocycles. The molecule has 0 aliphatic heterocycles. The number of fused-ring (bicyclic) bond motifs is 1. The summed E-state index contributed by atoms with van der Waals surface area (Å²) >= 11 is 0. The number of aromatic carboxylic acids is 1. The molecule has 0 aromatic carbocycles. The summed E-state index contributed by atoms with van der Waals surface area (Å²) in [5, 5.41) is 9.90. The Morgan fingerprint density at radius 3 is 2.84 bits per heavy atom. The van der Waals surface area contributed by atoms with Gasteiger partial charge in [-0.15, -0.1) is 0 Å². The smallest absolute Gasteiger partial charge is 0.374 e. The summed E-state index contributed by atoms with van der Waals surface area (Å²) in [7, 11) is 1.81. The summed E-state index contributed by atoms with van der Waals surface area (Å²) in [6.45, 7) is 0. The molecular weight excluding hydrogens is 244 g/mol. The molecule has 0 saturated carbocycles. The van der Waals surface area contributed by atoms with Crippen LogP contribution in [0.3, 0.4) is 0 Å². The lowest BCUT2D eigenvalue weighted by Crippen LogP contribution is -2.06. The van der Waals surface area contributed by atoms with Crippen LogP contribution in [0.15, 0.2) is 36.8 Å². The molecule has 0 saturated heterocycles. The molecule has 3 aromatic rings. The fourth-order valence-corrected chi connectivity index (χ4v) is 1.96. The monoisotopic (exact) mass is 254 g/mol. The maximum atomic E-state index is 11.1. The number of hydrogen-bond acceptors (Lipinski definition) is 4. The van der Waals surface area contributed by atoms with E-state index >= 15 is 0 Å². The van der Waals surface area contributed by atoms with Crippen LogP contribution < -0.4 is 0 Å². The second-order valence-corrected chi connectivity index (χ2v) is 4.11. The molecule has 3 rings (SSSR count). The number of carbonyl (C=O) groups is 1. The van der Waals surface area contributed by atoms with Gasteiger partial charge in [0.2, 0.25) is 5.82 Å². The highest BCUT2D eigenvalue weighted by Crippen LogP contribution is 2.25. The van der Waals surface area contributed by atoms with Crippen molar-refractivity contribution >= 4 is 17.0 Å². The van der Waals surface area contributed by atoms with Gasteiger partial charge in [0.15, 0.2) is 0 Å². The van der Waals surface area contributed by atoms with Crippen LogP contribution in [-0.4, -0.2) is 30.6 Å². The SMILES string of the molecule is Cn1ccc2c(-c3cccnc3)nc(C(=O)O)nc21. The molecule has 0 radical (unpaired) electrons. The summed E-state index contributed by atoms with van der Waals surface area (Å²) < 4.78 is 1.77. The van der Waals surface area contributed by atoms with Gasteiger partial charge in [-0.1, -0.05) is 0 Å². The molecule has 3 heterocycles. The van der Waals surface area contributed by atoms with Crippen molar-refractivity contribution in [1.82, 2.24) is 19.5 Å². The molecule has 3 aromatic heterocycles. The molecule has 0 unspecified atom stereocenters. The zero-order valence-corrected chi connectivity index (χ0v) is 10.1. The van der Waals surface area contributed by atoms with Gasteiger partial charge in [0, 0.05) is 36.6 Å². The van der Waals surface area contributed by atoms with Crippen LogP contribution in [-0.2, 0) is 7.05 Å². The lowest BCUT2D eigenvalue weighted by molar-refractivity contribution is 0.0684. The number of carboxylic acids is 1. The van der Waals surface area contributed by atoms with Gasteiger partial charge >= 0.3 is 5.97 Å². The second kappa shape index (κ2) is 4.16. The highest BCUT2D eigenvalue weighted by atomic mass is 16.4. The van der Waals surface area contributed by atoms with Crippen LogP contribution in [0.5, 0.6) is 0 Å². The number of hydrogen-bond donors (Lipinski definition) is 1. The number of aryl methyl sites for hydroxylation is 1. The summed E-state index contributed by atoms with van der Waals surface area (Å²) in [4.78, 5) is 23.3. The van der Waals surface area contributed by atoms with Gasteiger partial charge in [0.05, 0.1) is 5.69 Å². The molecule has 0 aliphatic rings. The van der Waals surface area contributed by atoms with Crippen molar-refractivity contribution in [2.75, 3.05) is 0 Å². The Morgan fingerprint density at radius 2 is 2.16 bits per heavy atom. The molecular formula is C13H10N4O2. The van der Waals surface area contributed by atoms with E-state index in [1.54, 1.807) is 23.0 Å². The number of carboxylic acid groups (broad SMARTS) is 1. The van der Waals surface area contributed by atoms with Crippen LogP contribution in [0.2, 0.25) is 0 Å². The van der Waals surface area contributed by atoms with Crippen LogP contribution in [0.4, 0.5) is 0 Å². The summed E-state index contributed by atoms with van der Waals surface area (Å²) in [5.74, 6) is -1.36. The fourth-order valence-electron chi connectivity index (χ4n) is 1.96. The van der Waals surface area contributed by atoms with Crippen molar-refractivity contribution in [3.05, 3.63) is 42.6 Å². The maximum absolute atomic E-state index is 11.1. The largest absolute Gasteiger partial charge is 0.475 e. The Labute approximate surface area is 108 Å². The zero-order chi connectivity index (χ0) is 13.4. The highest BCUT2D eigenvalue weighted by molar-refractivity contribution is 5.94. The van der Waals surface area contributed by atoms with E-state index in [1.165, 1.54) is 0 Å². The normalized spacial score (nSPS) is 10.8. The van der Waals surface area contributed by atoms with E-state index in [4.69, 9.17) is 5.11 Å². The van der Waals surface area contributed by atoms with Crippen LogP contribution in [0, 0.1) is 0 Å². The average Bonchev–Trinajstić information content (AvgIpc) is 2.80. The standard InChI is InChI=1S/C13H10N4O2/c1-17-6-4-9-10(8-3-2-5-14-7-8)15-11(13(18)19)16-12(9)17/h2-7H,1H3,(H,18,19). The molecule has 94 valence electrons. The van der Waals surface area contributed by atoms with Crippen molar-refractivity contribution < 1.29 is 9.90 Å². The Hall–Kier alpha value is -2.76. The molecule has 19 heavy (non-hydrogen) atoms. The third kappa shape index (κ3) is 1.83. The lowest BCUT2D eigenvalue weighted by atomic mass is 10.1. The minimum atomic E-state index is -1.15. The fraction of sp³-hybridized carbons (Fsp3) is 0.0769. The van der Waals surface area contributed by atoms with E-state index in [1.807, 2.05) is 25.4 Å². The van der Waals surface area contributed by atoms with Gasteiger partial charge in [-0.2, -0.15) is 0 Å². The van der Waals surface area contributed by atoms with E-state index in [9.17, 15) is 4.79 Å². The van der Waals surface area contributed by atoms with Crippen LogP contribution in [0.25, 0.3) is 22.3 Å². The predicted octanol–water partition coefficient (Wildman–Crippen LogP) is 1.73. The third-order valence-electron chi connectivity index (χ3n) is 2.85. The van der Waals surface area contributed by atoms with Crippen molar-refractivity contribution in [2.45, 2.75) is 0 Å². The van der Waals surface area contributed by atoms with Crippen LogP contribution >= 0.6 is 0 Å². The topological polar surface area (TPSA) is 80.9 Å². The van der Waals surface area contributed by atoms with Gasteiger partial charge in [0.1, 0.15) is 5.65 Å². The summed E-state index contributed by atoms with van der Waals surface area (Å²) in [5.41, 5.74) is 1.94. The molecule has 0 bridgehead atoms. The van der Waals surface area contributed by atoms with Gasteiger partial charge in [-0.3, -0.25) is 4.98 Å². The van der Waals surface area contributed by atoms with Gasteiger partial charge in [0.25, 0.3) is 0 Å². The molecule has 6 nitrogen and oxygen atoms in total. The molecule has 0 atom stereocenters. The first-order valence-corrected chi connectivity index (χ1v) is 5.63. The lowest BCUT2D eigenvalue weighted by Gasteiger charge is -2.04. The summed E-state index contributed by atoms with van der Waals surface area (Å²) in [6, 6.07) is 5.49. The van der Waals surface area contributed by atoms with E-state index in [0.717, 1.165) is 10.9 Å². The van der Waals surface area contributed by atoms with Crippen LogP contribution in [0.1, 0.15) is 10.6 Å². The molecule has 0 fully saturated rings. The molecule has 1 N–H and O–H groups in total. The molecule has 6 heteroatoms. The van der Waals surface area contributed by atoms with Gasteiger partial charge < -0.3 is 9.67 Å². The minimum absolute atomic E-state index is 0.215. The first-order valence-electron chi connectivity index (χ1n) is 5.63. The van der Waals surface area contributed by atoms with E-state index in [0.29, 0.717) is 11.3 Å². The predicted molar refractivity (Wildman–Crippen MR) is 68.7 cm³/mol. The minimum Gasteiger partial charge on any atom is -0.475 e. The number of rotatable bonds is 2. The van der Waals surface area contributed by atoms with E-state index in [-0.39, 0.29) is 5.82 Å². The van der Waals surface area contributed by atoms with Crippen molar-refractivity contribution in [1.29, 1.82) is 0 Å². The number of aromatic nitrogens is 4. The zero-order valence-electron chi connectivity index (χ0n) is 10.1. The van der Waals surface area contributed by atoms with E-state index in [2.05, 4.69) is 15.0 Å². The highest BCUT2D eigenvalue weighted by Gasteiger charge is 2.15. The Bertz CT molecular complexity index is 765. The van der Waals surface area contributed by atoms with Gasteiger partial charge in [-0.05, 0) is 18.2 Å². The van der Waals surface area contributed by atoms with Gasteiger partial charge in [-0.25, -0.2) is 14.8 Å². The summed E-state index contributed by atoms with van der Waals surface area (Å²) in [6.07, 6.45) is 5.14. The Balaban J connectivity index is 2.37. The first-order chi connectivity index (χ1) is 9.16. The quantitative estimate of drug-likeness (QED) is 0.753. The van der Waals surface area contributed by atoms with E-state index < -0.39 is 5.97 Å².